The summed E-state index contributed by atoms with van der Waals surface area (Å²) in [5.41, 5.74) is 0.308. The lowest BCUT2D eigenvalue weighted by Crippen LogP contribution is -2.20. The van der Waals surface area contributed by atoms with E-state index < -0.39 is 11.7 Å². The summed E-state index contributed by atoms with van der Waals surface area (Å²) in [6.07, 6.45) is -4.35. The number of halogens is 3. The van der Waals surface area contributed by atoms with E-state index in [2.05, 4.69) is 5.32 Å². The van der Waals surface area contributed by atoms with Crippen molar-refractivity contribution in [3.05, 3.63) is 29.3 Å². The predicted molar refractivity (Wildman–Crippen MR) is 60.8 cm³/mol. The van der Waals surface area contributed by atoms with Gasteiger partial charge in [-0.2, -0.15) is 13.2 Å². The smallest absolute Gasteiger partial charge is 0.325 e. The van der Waals surface area contributed by atoms with Crippen LogP contribution in [0.3, 0.4) is 0 Å². The number of carbonyl (C=O) groups is 1. The molecule has 1 aliphatic rings. The second-order valence-electron chi connectivity index (χ2n) is 3.81. The quantitative estimate of drug-likeness (QED) is 0.776. The molecule has 0 spiro atoms. The maximum absolute atomic E-state index is 12.5. The number of hydrogen-bond donors (Lipinski definition) is 1. The normalized spacial score (nSPS) is 20.5. The molecule has 0 aromatic heterocycles. The second-order valence-corrected chi connectivity index (χ2v) is 5.14. The van der Waals surface area contributed by atoms with Crippen molar-refractivity contribution in [3.8, 4) is 0 Å². The Labute approximate surface area is 101 Å². The van der Waals surface area contributed by atoms with Crippen molar-refractivity contribution >= 4 is 23.4 Å². The summed E-state index contributed by atoms with van der Waals surface area (Å²) in [5, 5.41) is 2.37. The zero-order chi connectivity index (χ0) is 12.6. The van der Waals surface area contributed by atoms with E-state index in [1.54, 1.807) is 6.92 Å². The third-order valence-electron chi connectivity index (χ3n) is 2.55. The van der Waals surface area contributed by atoms with E-state index >= 15 is 0 Å². The molecule has 1 atom stereocenters. The molecule has 1 heterocycles. The Morgan fingerprint density at radius 2 is 2.12 bits per heavy atom. The summed E-state index contributed by atoms with van der Waals surface area (Å²) in [6.45, 7) is 1.73. The van der Waals surface area contributed by atoms with Gasteiger partial charge in [0.1, 0.15) is 0 Å². The van der Waals surface area contributed by atoms with Crippen LogP contribution in [-0.4, -0.2) is 11.2 Å². The number of anilines is 1. The van der Waals surface area contributed by atoms with E-state index in [9.17, 15) is 18.0 Å². The minimum absolute atomic E-state index is 0.173. The Kier molecular flexibility index (Phi) is 3.07. The highest BCUT2D eigenvalue weighted by molar-refractivity contribution is 7.99. The number of amides is 1. The monoisotopic (exact) mass is 261 g/mol. The van der Waals surface area contributed by atoms with E-state index in [4.69, 9.17) is 0 Å². The van der Waals surface area contributed by atoms with Crippen molar-refractivity contribution < 1.29 is 18.0 Å². The summed E-state index contributed by atoms with van der Waals surface area (Å²) >= 11 is 1.33. The Balaban J connectivity index is 2.38. The van der Waals surface area contributed by atoms with Crippen molar-refractivity contribution in [1.82, 2.24) is 0 Å². The highest BCUT2D eigenvalue weighted by Crippen LogP contribution is 2.35. The molecular weight excluding hydrogens is 251 g/mol. The van der Waals surface area contributed by atoms with Crippen LogP contribution in [0.1, 0.15) is 18.1 Å². The number of hydrogen-bond acceptors (Lipinski definition) is 2. The van der Waals surface area contributed by atoms with Gasteiger partial charge in [-0.15, -0.1) is 11.8 Å². The van der Waals surface area contributed by atoms with Crippen LogP contribution in [0, 0.1) is 0 Å². The number of rotatable bonds is 0. The molecule has 6 heteroatoms. The fourth-order valence-electron chi connectivity index (χ4n) is 1.54. The number of alkyl halides is 3. The first kappa shape index (κ1) is 12.3. The maximum atomic E-state index is 12.5. The van der Waals surface area contributed by atoms with Crippen molar-refractivity contribution in [2.75, 3.05) is 5.32 Å². The lowest BCUT2D eigenvalue weighted by Gasteiger charge is -2.11. The van der Waals surface area contributed by atoms with Crippen LogP contribution in [0.25, 0.3) is 0 Å². The van der Waals surface area contributed by atoms with Crippen LogP contribution in [0.15, 0.2) is 18.2 Å². The predicted octanol–water partition coefficient (Wildman–Crippen LogP) is 3.28. The number of nitrogens with one attached hydrogen (secondary N) is 1. The van der Waals surface area contributed by atoms with Crippen molar-refractivity contribution in [2.45, 2.75) is 24.1 Å². The van der Waals surface area contributed by atoms with Crippen LogP contribution in [0.5, 0.6) is 0 Å². The molecule has 17 heavy (non-hydrogen) atoms. The molecule has 0 saturated heterocycles. The fourth-order valence-corrected chi connectivity index (χ4v) is 2.41. The molecule has 2 nitrogen and oxygen atoms in total. The molecule has 0 saturated carbocycles. The Hall–Kier alpha value is -1.17. The molecule has 0 bridgehead atoms. The topological polar surface area (TPSA) is 29.1 Å². The molecule has 1 N–H and O–H groups in total. The highest BCUT2D eigenvalue weighted by Gasteiger charge is 2.31. The summed E-state index contributed by atoms with van der Waals surface area (Å²) in [7, 11) is 0. The zero-order valence-electron chi connectivity index (χ0n) is 8.97. The number of benzene rings is 1. The van der Waals surface area contributed by atoms with Crippen molar-refractivity contribution in [2.24, 2.45) is 0 Å². The van der Waals surface area contributed by atoms with Gasteiger partial charge in [-0.1, -0.05) is 0 Å². The highest BCUT2D eigenvalue weighted by atomic mass is 32.2. The summed E-state index contributed by atoms with van der Waals surface area (Å²) in [6, 6.07) is 3.40. The molecule has 92 valence electrons. The van der Waals surface area contributed by atoms with Gasteiger partial charge in [-0.05, 0) is 30.7 Å². The van der Waals surface area contributed by atoms with E-state index in [1.807, 2.05) is 0 Å². The second kappa shape index (κ2) is 4.25. The standard InChI is InChI=1S/C11H10F3NOS/c1-6-10(16)15-9-3-2-8(11(12,13)14)4-7(9)5-17-6/h2-4,6H,5H2,1H3,(H,15,16). The summed E-state index contributed by atoms with van der Waals surface area (Å²) in [5.74, 6) is 0.229. The molecule has 1 unspecified atom stereocenters. The average Bonchev–Trinajstić information content (AvgIpc) is 2.38. The molecule has 2 rings (SSSR count). The first-order chi connectivity index (χ1) is 7.88. The van der Waals surface area contributed by atoms with Gasteiger partial charge < -0.3 is 5.32 Å². The fraction of sp³-hybridized carbons (Fsp3) is 0.364. The molecule has 1 aromatic rings. The Morgan fingerprint density at radius 3 is 2.76 bits per heavy atom. The average molecular weight is 261 g/mol. The summed E-state index contributed by atoms with van der Waals surface area (Å²) < 4.78 is 37.6. The van der Waals surface area contributed by atoms with Crippen LogP contribution in [0.2, 0.25) is 0 Å². The van der Waals surface area contributed by atoms with Crippen molar-refractivity contribution in [1.29, 1.82) is 0 Å². The minimum atomic E-state index is -4.35. The molecule has 1 aliphatic heterocycles. The van der Waals surface area contributed by atoms with Crippen LogP contribution in [0.4, 0.5) is 18.9 Å². The van der Waals surface area contributed by atoms with Gasteiger partial charge in [0.15, 0.2) is 0 Å². The molecular formula is C11H10F3NOS. The maximum Gasteiger partial charge on any atom is 0.416 e. The van der Waals surface area contributed by atoms with E-state index in [-0.39, 0.29) is 11.2 Å². The largest absolute Gasteiger partial charge is 0.416 e. The Morgan fingerprint density at radius 1 is 1.41 bits per heavy atom. The summed E-state index contributed by atoms with van der Waals surface area (Å²) in [4.78, 5) is 11.5. The van der Waals surface area contributed by atoms with Gasteiger partial charge in [0, 0.05) is 11.4 Å². The third-order valence-corrected chi connectivity index (χ3v) is 3.74. The number of fused-ring (bicyclic) bond motifs is 1. The van der Waals surface area contributed by atoms with E-state index in [1.165, 1.54) is 17.8 Å². The first-order valence-corrected chi connectivity index (χ1v) is 6.05. The van der Waals surface area contributed by atoms with Gasteiger partial charge >= 0.3 is 6.18 Å². The van der Waals surface area contributed by atoms with Gasteiger partial charge in [0.05, 0.1) is 10.8 Å². The molecule has 0 aliphatic carbocycles. The lowest BCUT2D eigenvalue weighted by atomic mass is 10.1. The lowest BCUT2D eigenvalue weighted by molar-refractivity contribution is -0.137. The van der Waals surface area contributed by atoms with Gasteiger partial charge in [0.25, 0.3) is 0 Å². The number of carbonyl (C=O) groups excluding carboxylic acids is 1. The Bertz CT molecular complexity index is 459. The van der Waals surface area contributed by atoms with Crippen LogP contribution >= 0.6 is 11.8 Å². The molecule has 1 aromatic carbocycles. The first-order valence-electron chi connectivity index (χ1n) is 5.00. The molecule has 1 amide bonds. The number of thioether (sulfide) groups is 1. The third kappa shape index (κ3) is 2.57. The van der Waals surface area contributed by atoms with Gasteiger partial charge in [-0.3, -0.25) is 4.79 Å². The van der Waals surface area contributed by atoms with Gasteiger partial charge in [0.2, 0.25) is 5.91 Å². The van der Waals surface area contributed by atoms with Gasteiger partial charge in [-0.25, -0.2) is 0 Å². The van der Waals surface area contributed by atoms with Crippen LogP contribution < -0.4 is 5.32 Å². The van der Waals surface area contributed by atoms with E-state index in [0.717, 1.165) is 12.1 Å². The zero-order valence-corrected chi connectivity index (χ0v) is 9.78. The minimum Gasteiger partial charge on any atom is -0.325 e. The van der Waals surface area contributed by atoms with E-state index in [0.29, 0.717) is 17.0 Å². The SMILES string of the molecule is CC1SCc2cc(C(F)(F)F)ccc2NC1=O. The van der Waals surface area contributed by atoms with Crippen molar-refractivity contribution in [3.63, 3.8) is 0 Å². The molecule has 0 radical (unpaired) electrons. The van der Waals surface area contributed by atoms with Crippen LogP contribution in [-0.2, 0) is 16.7 Å². The molecule has 0 fully saturated rings.